The Morgan fingerprint density at radius 1 is 1.63 bits per heavy atom. The number of nitriles is 1. The summed E-state index contributed by atoms with van der Waals surface area (Å²) in [5, 5.41) is 11.7. The van der Waals surface area contributed by atoms with Crippen LogP contribution < -0.4 is 0 Å². The minimum atomic E-state index is -0.696. The fourth-order valence-corrected chi connectivity index (χ4v) is 3.16. The van der Waals surface area contributed by atoms with Gasteiger partial charge in [0, 0.05) is 11.1 Å². The smallest absolute Gasteiger partial charge is 0.170 e. The van der Waals surface area contributed by atoms with E-state index in [1.807, 2.05) is 12.3 Å². The molecule has 5 heteroatoms. The highest BCUT2D eigenvalue weighted by Crippen LogP contribution is 2.22. The number of Topliss-reactive ketones (excluding diaryl/α,β-unsaturated/α-hetero) is 1. The van der Waals surface area contributed by atoms with Gasteiger partial charge in [-0.25, -0.2) is 4.98 Å². The third kappa shape index (κ3) is 3.62. The van der Waals surface area contributed by atoms with E-state index in [4.69, 9.17) is 0 Å². The predicted molar refractivity (Wildman–Crippen MR) is 75.1 cm³/mol. The van der Waals surface area contributed by atoms with Crippen molar-refractivity contribution in [1.29, 1.82) is 5.26 Å². The topological polar surface area (TPSA) is 57.0 Å². The van der Waals surface area contributed by atoms with Crippen LogP contribution in [0.2, 0.25) is 0 Å². The third-order valence-corrected chi connectivity index (χ3v) is 4.62. The van der Waals surface area contributed by atoms with Crippen LogP contribution >= 0.6 is 11.3 Å². The Morgan fingerprint density at radius 3 is 2.84 bits per heavy atom. The van der Waals surface area contributed by atoms with Gasteiger partial charge in [0.2, 0.25) is 0 Å². The first kappa shape index (κ1) is 14.2. The monoisotopic (exact) mass is 277 g/mol. The van der Waals surface area contributed by atoms with Gasteiger partial charge in [-0.3, -0.25) is 9.69 Å². The van der Waals surface area contributed by atoms with E-state index in [2.05, 4.69) is 22.9 Å². The minimum Gasteiger partial charge on any atom is -0.296 e. The second-order valence-corrected chi connectivity index (χ2v) is 6.20. The van der Waals surface area contributed by atoms with Crippen LogP contribution in [0.3, 0.4) is 0 Å². The van der Waals surface area contributed by atoms with Crippen molar-refractivity contribution in [3.8, 4) is 6.07 Å². The molecule has 0 bridgehead atoms. The van der Waals surface area contributed by atoms with Crippen molar-refractivity contribution in [3.63, 3.8) is 0 Å². The molecule has 0 aliphatic carbocycles. The van der Waals surface area contributed by atoms with Crippen LogP contribution in [0.25, 0.3) is 0 Å². The van der Waals surface area contributed by atoms with Gasteiger partial charge in [-0.15, -0.1) is 11.3 Å². The van der Waals surface area contributed by atoms with E-state index in [0.717, 1.165) is 37.5 Å². The third-order valence-electron chi connectivity index (χ3n) is 3.59. The molecule has 1 saturated heterocycles. The van der Waals surface area contributed by atoms with Crippen molar-refractivity contribution in [2.45, 2.75) is 32.6 Å². The molecule has 0 N–H and O–H groups in total. The number of aryl methyl sites for hydroxylation is 1. The molecule has 0 spiro atoms. The molecule has 2 heterocycles. The maximum atomic E-state index is 12.2. The zero-order valence-corrected chi connectivity index (χ0v) is 12.2. The molecule has 1 fully saturated rings. The van der Waals surface area contributed by atoms with Crippen LogP contribution in [0.1, 0.15) is 36.4 Å². The molecule has 1 aromatic rings. The zero-order chi connectivity index (χ0) is 13.8. The molecule has 1 aliphatic heterocycles. The number of piperidine rings is 1. The predicted octanol–water partition coefficient (Wildman–Crippen LogP) is 2.36. The zero-order valence-electron chi connectivity index (χ0n) is 11.4. The number of aromatic nitrogens is 1. The molecule has 19 heavy (non-hydrogen) atoms. The first-order valence-corrected chi connectivity index (χ1v) is 7.55. The summed E-state index contributed by atoms with van der Waals surface area (Å²) >= 11 is 1.40. The molecule has 1 unspecified atom stereocenters. The molecular weight excluding hydrogens is 258 g/mol. The summed E-state index contributed by atoms with van der Waals surface area (Å²) in [6.45, 7) is 6.42. The van der Waals surface area contributed by atoms with Gasteiger partial charge in [0.1, 0.15) is 5.01 Å². The van der Waals surface area contributed by atoms with Gasteiger partial charge in [-0.05, 0) is 38.8 Å². The van der Waals surface area contributed by atoms with E-state index in [9.17, 15) is 10.1 Å². The Hall–Kier alpha value is -1.25. The Labute approximate surface area is 118 Å². The van der Waals surface area contributed by atoms with Gasteiger partial charge in [-0.2, -0.15) is 5.26 Å². The van der Waals surface area contributed by atoms with Gasteiger partial charge >= 0.3 is 0 Å². The van der Waals surface area contributed by atoms with Crippen LogP contribution in [0, 0.1) is 24.2 Å². The average Bonchev–Trinajstić information content (AvgIpc) is 2.80. The minimum absolute atomic E-state index is 0.0218. The molecule has 102 valence electrons. The van der Waals surface area contributed by atoms with Crippen LogP contribution in [0.5, 0.6) is 0 Å². The fraction of sp³-hybridized carbons (Fsp3) is 0.643. The summed E-state index contributed by atoms with van der Waals surface area (Å²) in [4.78, 5) is 18.7. The normalized spacial score (nSPS) is 19.0. The number of rotatable bonds is 4. The quantitative estimate of drug-likeness (QED) is 0.847. The lowest BCUT2D eigenvalue weighted by Gasteiger charge is -2.29. The Morgan fingerprint density at radius 2 is 2.32 bits per heavy atom. The summed E-state index contributed by atoms with van der Waals surface area (Å²) < 4.78 is 0. The lowest BCUT2D eigenvalue weighted by Crippen LogP contribution is -2.38. The molecule has 0 aromatic carbocycles. The number of hydrogen-bond acceptors (Lipinski definition) is 5. The van der Waals surface area contributed by atoms with Crippen LogP contribution in [-0.2, 0) is 4.79 Å². The summed E-state index contributed by atoms with van der Waals surface area (Å²) in [5.41, 5.74) is 0.875. The second kappa shape index (κ2) is 6.27. The van der Waals surface area contributed by atoms with Crippen molar-refractivity contribution < 1.29 is 4.79 Å². The Bertz CT molecular complexity index is 483. The molecule has 1 aromatic heterocycles. The van der Waals surface area contributed by atoms with Gasteiger partial charge in [0.05, 0.1) is 12.6 Å². The Balaban J connectivity index is 1.96. The average molecular weight is 277 g/mol. The number of carbonyl (C=O) groups excluding carboxylic acids is 1. The number of likely N-dealkylation sites (tertiary alicyclic amines) is 1. The highest BCUT2D eigenvalue weighted by atomic mass is 32.1. The number of ketones is 1. The second-order valence-electron chi connectivity index (χ2n) is 5.31. The van der Waals surface area contributed by atoms with Crippen molar-refractivity contribution >= 4 is 17.1 Å². The largest absolute Gasteiger partial charge is 0.296 e. The SMILES string of the molecule is Cc1csc(C(C#N)C(=O)CN2CCC(C)CC2)n1. The lowest BCUT2D eigenvalue weighted by molar-refractivity contribution is -0.120. The molecule has 0 amide bonds. The van der Waals surface area contributed by atoms with E-state index in [1.54, 1.807) is 0 Å². The molecule has 0 radical (unpaired) electrons. The van der Waals surface area contributed by atoms with Crippen LogP contribution in [-0.4, -0.2) is 35.3 Å². The van der Waals surface area contributed by atoms with E-state index < -0.39 is 5.92 Å². The van der Waals surface area contributed by atoms with E-state index in [0.29, 0.717) is 11.6 Å². The van der Waals surface area contributed by atoms with Gasteiger partial charge in [0.15, 0.2) is 11.7 Å². The number of thiazole rings is 1. The van der Waals surface area contributed by atoms with Crippen molar-refractivity contribution in [2.24, 2.45) is 5.92 Å². The van der Waals surface area contributed by atoms with E-state index >= 15 is 0 Å². The van der Waals surface area contributed by atoms with Crippen molar-refractivity contribution in [1.82, 2.24) is 9.88 Å². The molecule has 2 rings (SSSR count). The fourth-order valence-electron chi connectivity index (χ4n) is 2.30. The first-order chi connectivity index (χ1) is 9.10. The Kier molecular flexibility index (Phi) is 4.67. The van der Waals surface area contributed by atoms with E-state index in [-0.39, 0.29) is 5.78 Å². The number of hydrogen-bond donors (Lipinski definition) is 0. The van der Waals surface area contributed by atoms with Gasteiger partial charge in [-0.1, -0.05) is 6.92 Å². The summed E-state index contributed by atoms with van der Waals surface area (Å²) in [7, 11) is 0. The number of nitrogens with zero attached hydrogens (tertiary/aromatic N) is 3. The first-order valence-electron chi connectivity index (χ1n) is 6.67. The highest BCUT2D eigenvalue weighted by molar-refractivity contribution is 7.09. The summed E-state index contributed by atoms with van der Waals surface area (Å²) in [6, 6.07) is 2.10. The van der Waals surface area contributed by atoms with Gasteiger partial charge in [0.25, 0.3) is 0 Å². The van der Waals surface area contributed by atoms with Crippen LogP contribution in [0.4, 0.5) is 0 Å². The number of carbonyl (C=O) groups is 1. The summed E-state index contributed by atoms with van der Waals surface area (Å²) in [5.74, 6) is 0.0316. The van der Waals surface area contributed by atoms with Crippen molar-refractivity contribution in [3.05, 3.63) is 16.1 Å². The summed E-state index contributed by atoms with van der Waals surface area (Å²) in [6.07, 6.45) is 2.28. The molecule has 1 aliphatic rings. The molecular formula is C14H19N3OS. The molecule has 0 saturated carbocycles. The molecule has 4 nitrogen and oxygen atoms in total. The van der Waals surface area contributed by atoms with E-state index in [1.165, 1.54) is 11.3 Å². The lowest BCUT2D eigenvalue weighted by atomic mass is 9.98. The van der Waals surface area contributed by atoms with Crippen LogP contribution in [0.15, 0.2) is 5.38 Å². The maximum absolute atomic E-state index is 12.2. The maximum Gasteiger partial charge on any atom is 0.170 e. The highest BCUT2D eigenvalue weighted by Gasteiger charge is 2.26. The van der Waals surface area contributed by atoms with Gasteiger partial charge < -0.3 is 0 Å². The molecule has 1 atom stereocenters. The van der Waals surface area contributed by atoms with Crippen molar-refractivity contribution in [2.75, 3.05) is 19.6 Å². The standard InChI is InChI=1S/C14H19N3OS/c1-10-3-5-17(6-4-10)8-13(18)12(7-15)14-16-11(2)9-19-14/h9-10,12H,3-6,8H2,1-2H3.